The molecule has 64 valence electrons. The lowest BCUT2D eigenvalue weighted by Gasteiger charge is -2.10. The maximum atomic E-state index is 10.8. The lowest BCUT2D eigenvalue weighted by Crippen LogP contribution is -2.26. The van der Waals surface area contributed by atoms with Crippen LogP contribution in [0.4, 0.5) is 0 Å². The molecule has 1 heterocycles. The second kappa shape index (κ2) is 3.71. The summed E-state index contributed by atoms with van der Waals surface area (Å²) in [5.74, 6) is -0.691. The molecule has 1 aliphatic rings. The number of nitrogens with zero attached hydrogens (tertiary/aromatic N) is 1. The minimum Gasteiger partial charge on any atom is -0.369 e. The number of aliphatic imine (C=N–C) groups is 1. The molecule has 4 nitrogen and oxygen atoms in total. The number of carbonyl (C=O) groups excluding carboxylic acids is 1. The van der Waals surface area contributed by atoms with Gasteiger partial charge in [0.1, 0.15) is 0 Å². The van der Waals surface area contributed by atoms with Crippen LogP contribution in [0.15, 0.2) is 29.2 Å². The normalized spacial score (nSPS) is 17.6. The summed E-state index contributed by atoms with van der Waals surface area (Å²) >= 11 is 0. The Labute approximate surface area is 70.9 Å². The van der Waals surface area contributed by atoms with E-state index in [1.165, 1.54) is 0 Å². The van der Waals surface area contributed by atoms with E-state index in [4.69, 9.17) is 5.73 Å². The standard InChI is InChI=1S/C8H11N3O/c1-6(8(9)12)7-5-10-3-2-4-11-7/h2-6,11H,1H3,(H2,9,12). The highest BCUT2D eigenvalue weighted by molar-refractivity contribution is 5.79. The quantitative estimate of drug-likeness (QED) is 0.611. The van der Waals surface area contributed by atoms with Crippen molar-refractivity contribution in [2.45, 2.75) is 6.92 Å². The fraction of sp³-hybridized carbons (Fsp3) is 0.250. The summed E-state index contributed by atoms with van der Waals surface area (Å²) in [4.78, 5) is 14.7. The van der Waals surface area contributed by atoms with Gasteiger partial charge in [0.05, 0.1) is 5.92 Å². The number of nitrogens with one attached hydrogen (secondary N) is 1. The van der Waals surface area contributed by atoms with Gasteiger partial charge in [-0.15, -0.1) is 0 Å². The first kappa shape index (κ1) is 8.52. The van der Waals surface area contributed by atoms with Crippen molar-refractivity contribution in [1.82, 2.24) is 5.32 Å². The van der Waals surface area contributed by atoms with Crippen LogP contribution in [-0.4, -0.2) is 12.1 Å². The molecule has 12 heavy (non-hydrogen) atoms. The summed E-state index contributed by atoms with van der Waals surface area (Å²) in [7, 11) is 0. The molecule has 1 amide bonds. The molecule has 4 heteroatoms. The summed E-state index contributed by atoms with van der Waals surface area (Å²) < 4.78 is 0. The SMILES string of the molecule is CC(C(N)=O)C1=CN=CC=CN1. The van der Waals surface area contributed by atoms with Crippen molar-refractivity contribution in [2.24, 2.45) is 16.6 Å². The minimum absolute atomic E-state index is 0.329. The number of amides is 1. The van der Waals surface area contributed by atoms with Crippen molar-refractivity contribution in [2.75, 3.05) is 0 Å². The highest BCUT2D eigenvalue weighted by Crippen LogP contribution is 2.07. The number of hydrogen-bond acceptors (Lipinski definition) is 3. The molecular formula is C8H11N3O. The molecule has 0 saturated carbocycles. The van der Waals surface area contributed by atoms with E-state index in [1.807, 2.05) is 0 Å². The van der Waals surface area contributed by atoms with E-state index in [2.05, 4.69) is 10.3 Å². The van der Waals surface area contributed by atoms with Crippen LogP contribution in [0.25, 0.3) is 0 Å². The monoisotopic (exact) mass is 165 g/mol. The van der Waals surface area contributed by atoms with Crippen LogP contribution in [-0.2, 0) is 4.79 Å². The first-order valence-electron chi connectivity index (χ1n) is 3.66. The molecule has 0 aliphatic carbocycles. The first-order chi connectivity index (χ1) is 5.72. The molecule has 0 spiro atoms. The summed E-state index contributed by atoms with van der Waals surface area (Å²) in [5, 5.41) is 2.92. The van der Waals surface area contributed by atoms with Gasteiger partial charge in [-0.05, 0) is 13.0 Å². The van der Waals surface area contributed by atoms with Gasteiger partial charge in [0.25, 0.3) is 0 Å². The predicted octanol–water partition coefficient (Wildman–Crippen LogP) is 0.137. The molecular weight excluding hydrogens is 154 g/mol. The molecule has 0 fully saturated rings. The average molecular weight is 165 g/mol. The Kier molecular flexibility index (Phi) is 2.63. The molecule has 1 atom stereocenters. The van der Waals surface area contributed by atoms with Gasteiger partial charge in [-0.1, -0.05) is 0 Å². The molecule has 3 N–H and O–H groups in total. The fourth-order valence-corrected chi connectivity index (χ4v) is 0.788. The molecule has 1 unspecified atom stereocenters. The Bertz CT molecular complexity index is 265. The number of primary amides is 1. The first-order valence-corrected chi connectivity index (χ1v) is 3.66. The van der Waals surface area contributed by atoms with Gasteiger partial charge in [0.15, 0.2) is 0 Å². The van der Waals surface area contributed by atoms with Crippen molar-refractivity contribution in [3.05, 3.63) is 24.2 Å². The molecule has 0 aromatic carbocycles. The highest BCUT2D eigenvalue weighted by Gasteiger charge is 2.13. The average Bonchev–Trinajstić information content (AvgIpc) is 2.30. The van der Waals surface area contributed by atoms with Crippen LogP contribution in [0.5, 0.6) is 0 Å². The lowest BCUT2D eigenvalue weighted by molar-refractivity contribution is -0.120. The fourth-order valence-electron chi connectivity index (χ4n) is 0.788. The third-order valence-corrected chi connectivity index (χ3v) is 1.63. The summed E-state index contributed by atoms with van der Waals surface area (Å²) in [6.07, 6.45) is 6.68. The Morgan fingerprint density at radius 3 is 3.17 bits per heavy atom. The van der Waals surface area contributed by atoms with Gasteiger partial charge in [-0.3, -0.25) is 9.79 Å². The van der Waals surface area contributed by atoms with E-state index >= 15 is 0 Å². The van der Waals surface area contributed by atoms with E-state index in [0.29, 0.717) is 5.70 Å². The summed E-state index contributed by atoms with van der Waals surface area (Å²) in [6, 6.07) is 0. The zero-order valence-corrected chi connectivity index (χ0v) is 6.82. The van der Waals surface area contributed by atoms with Crippen LogP contribution in [0.1, 0.15) is 6.92 Å². The number of carbonyl (C=O) groups is 1. The third-order valence-electron chi connectivity index (χ3n) is 1.63. The van der Waals surface area contributed by atoms with E-state index in [9.17, 15) is 4.79 Å². The maximum absolute atomic E-state index is 10.8. The molecule has 0 aromatic heterocycles. The Morgan fingerprint density at radius 2 is 2.50 bits per heavy atom. The van der Waals surface area contributed by atoms with Gasteiger partial charge < -0.3 is 11.1 Å². The zero-order valence-electron chi connectivity index (χ0n) is 6.82. The molecule has 0 saturated heterocycles. The van der Waals surface area contributed by atoms with Gasteiger partial charge in [-0.2, -0.15) is 0 Å². The van der Waals surface area contributed by atoms with Crippen LogP contribution in [0.2, 0.25) is 0 Å². The van der Waals surface area contributed by atoms with Crippen LogP contribution >= 0.6 is 0 Å². The van der Waals surface area contributed by atoms with Gasteiger partial charge in [0.2, 0.25) is 5.91 Å². The third kappa shape index (κ3) is 1.95. The zero-order chi connectivity index (χ0) is 8.97. The number of nitrogens with two attached hydrogens (primary N) is 1. The summed E-state index contributed by atoms with van der Waals surface area (Å²) in [6.45, 7) is 1.73. The summed E-state index contributed by atoms with van der Waals surface area (Å²) in [5.41, 5.74) is 5.84. The number of hydrogen-bond donors (Lipinski definition) is 2. The maximum Gasteiger partial charge on any atom is 0.226 e. The number of rotatable bonds is 2. The van der Waals surface area contributed by atoms with Gasteiger partial charge in [0, 0.05) is 24.3 Å². The molecule has 0 aromatic rings. The lowest BCUT2D eigenvalue weighted by atomic mass is 10.1. The topological polar surface area (TPSA) is 67.5 Å². The Hall–Kier alpha value is -1.58. The smallest absolute Gasteiger partial charge is 0.226 e. The molecule has 0 bridgehead atoms. The van der Waals surface area contributed by atoms with Crippen molar-refractivity contribution < 1.29 is 4.79 Å². The van der Waals surface area contributed by atoms with Crippen molar-refractivity contribution in [3.8, 4) is 0 Å². The van der Waals surface area contributed by atoms with Crippen LogP contribution in [0.3, 0.4) is 0 Å². The predicted molar refractivity (Wildman–Crippen MR) is 47.2 cm³/mol. The van der Waals surface area contributed by atoms with E-state index in [0.717, 1.165) is 0 Å². The van der Waals surface area contributed by atoms with Gasteiger partial charge in [-0.25, -0.2) is 0 Å². The number of allylic oxidation sites excluding steroid dienone is 1. The minimum atomic E-state index is -0.362. The van der Waals surface area contributed by atoms with Gasteiger partial charge >= 0.3 is 0 Å². The molecule has 1 rings (SSSR count). The largest absolute Gasteiger partial charge is 0.369 e. The van der Waals surface area contributed by atoms with Crippen LogP contribution in [0, 0.1) is 5.92 Å². The van der Waals surface area contributed by atoms with Crippen molar-refractivity contribution in [1.29, 1.82) is 0 Å². The molecule has 1 aliphatic heterocycles. The second-order valence-electron chi connectivity index (χ2n) is 2.51. The van der Waals surface area contributed by atoms with E-state index in [-0.39, 0.29) is 11.8 Å². The second-order valence-corrected chi connectivity index (χ2v) is 2.51. The van der Waals surface area contributed by atoms with Crippen LogP contribution < -0.4 is 11.1 Å². The Balaban J connectivity index is 2.74. The van der Waals surface area contributed by atoms with E-state index < -0.39 is 0 Å². The van der Waals surface area contributed by atoms with Crippen molar-refractivity contribution >= 4 is 12.1 Å². The van der Waals surface area contributed by atoms with E-state index in [1.54, 1.807) is 31.6 Å². The van der Waals surface area contributed by atoms with Crippen molar-refractivity contribution in [3.63, 3.8) is 0 Å². The Morgan fingerprint density at radius 1 is 1.75 bits per heavy atom. The highest BCUT2D eigenvalue weighted by atomic mass is 16.1. The molecule has 0 radical (unpaired) electrons.